The van der Waals surface area contributed by atoms with Crippen LogP contribution in [-0.4, -0.2) is 51.2 Å². The molecular formula is C24H29BrN8. The van der Waals surface area contributed by atoms with E-state index in [0.717, 1.165) is 55.0 Å². The Kier molecular flexibility index (Phi) is 6.59. The van der Waals surface area contributed by atoms with Crippen LogP contribution in [0.4, 0.5) is 23.3 Å². The van der Waals surface area contributed by atoms with Gasteiger partial charge in [0.15, 0.2) is 11.6 Å². The number of nitrogens with zero attached hydrogens (tertiary/aromatic N) is 4. The molecule has 0 amide bonds. The fraction of sp³-hybridized carbons (Fsp3) is 0.375. The Morgan fingerprint density at radius 1 is 1.18 bits per heavy atom. The van der Waals surface area contributed by atoms with Crippen LogP contribution in [0.1, 0.15) is 36.4 Å². The molecule has 3 aromatic rings. The van der Waals surface area contributed by atoms with E-state index in [1.165, 1.54) is 29.8 Å². The van der Waals surface area contributed by atoms with Gasteiger partial charge in [-0.2, -0.15) is 10.1 Å². The minimum absolute atomic E-state index is 0.529. The second-order valence-electron chi connectivity index (χ2n) is 8.63. The third-order valence-corrected chi connectivity index (χ3v) is 6.64. The third-order valence-electron chi connectivity index (χ3n) is 6.06. The Balaban J connectivity index is 1.21. The van der Waals surface area contributed by atoms with Crippen molar-refractivity contribution in [3.05, 3.63) is 64.5 Å². The minimum Gasteiger partial charge on any atom is -0.373 e. The fourth-order valence-electron chi connectivity index (χ4n) is 4.00. The second kappa shape index (κ2) is 9.93. The largest absolute Gasteiger partial charge is 0.373 e. The summed E-state index contributed by atoms with van der Waals surface area (Å²) in [5.41, 5.74) is 4.61. The van der Waals surface area contributed by atoms with Gasteiger partial charge < -0.3 is 20.9 Å². The van der Waals surface area contributed by atoms with Gasteiger partial charge in [0.05, 0.1) is 4.47 Å². The number of H-pyrrole nitrogens is 1. The van der Waals surface area contributed by atoms with Gasteiger partial charge in [0.1, 0.15) is 0 Å². The van der Waals surface area contributed by atoms with Crippen LogP contribution in [0, 0.1) is 0 Å². The Morgan fingerprint density at radius 3 is 2.85 bits per heavy atom. The summed E-state index contributed by atoms with van der Waals surface area (Å²) in [5, 5.41) is 17.5. The van der Waals surface area contributed by atoms with Crippen molar-refractivity contribution in [1.82, 2.24) is 30.4 Å². The molecule has 1 aromatic carbocycles. The van der Waals surface area contributed by atoms with Gasteiger partial charge in [-0.15, -0.1) is 0 Å². The first kappa shape index (κ1) is 21.9. The Labute approximate surface area is 202 Å². The van der Waals surface area contributed by atoms with Crippen LogP contribution in [-0.2, 0) is 6.42 Å². The number of hydrogen-bond acceptors (Lipinski definition) is 7. The van der Waals surface area contributed by atoms with Crippen LogP contribution in [0.25, 0.3) is 0 Å². The molecule has 1 aliphatic heterocycles. The van der Waals surface area contributed by atoms with E-state index in [0.29, 0.717) is 17.7 Å². The van der Waals surface area contributed by atoms with Crippen LogP contribution in [0.15, 0.2) is 53.3 Å². The van der Waals surface area contributed by atoms with Crippen molar-refractivity contribution in [2.24, 2.45) is 0 Å². The Morgan fingerprint density at radius 2 is 2.03 bits per heavy atom. The molecule has 9 heteroatoms. The van der Waals surface area contributed by atoms with Crippen molar-refractivity contribution in [3.63, 3.8) is 0 Å². The van der Waals surface area contributed by atoms with E-state index < -0.39 is 0 Å². The number of piperazine rings is 1. The topological polar surface area (TPSA) is 93.8 Å². The molecule has 172 valence electrons. The van der Waals surface area contributed by atoms with Gasteiger partial charge in [0, 0.05) is 61.4 Å². The normalized spacial score (nSPS) is 16.0. The molecule has 3 heterocycles. The van der Waals surface area contributed by atoms with E-state index in [4.69, 9.17) is 0 Å². The first-order valence-electron chi connectivity index (χ1n) is 11.5. The molecule has 1 saturated carbocycles. The first-order chi connectivity index (χ1) is 16.1. The van der Waals surface area contributed by atoms with E-state index in [2.05, 4.69) is 87.8 Å². The molecule has 2 aromatic heterocycles. The van der Waals surface area contributed by atoms with Crippen molar-refractivity contribution in [1.29, 1.82) is 0 Å². The molecule has 0 radical (unpaired) electrons. The molecule has 0 spiro atoms. The molecule has 0 unspecified atom stereocenters. The van der Waals surface area contributed by atoms with Gasteiger partial charge in [-0.25, -0.2) is 4.98 Å². The molecule has 1 saturated heterocycles. The molecule has 8 nitrogen and oxygen atoms in total. The SMILES string of the molecule is C=C(CCc1cccc(Nc2ncc(Br)c(Nc3cc(C4CC4)[nH]n3)n2)c1)N1CCNCC1. The summed E-state index contributed by atoms with van der Waals surface area (Å²) in [4.78, 5) is 11.4. The van der Waals surface area contributed by atoms with Crippen molar-refractivity contribution in [2.45, 2.75) is 31.6 Å². The molecule has 2 aliphatic rings. The zero-order valence-electron chi connectivity index (χ0n) is 18.6. The van der Waals surface area contributed by atoms with Crippen LogP contribution in [0.2, 0.25) is 0 Å². The maximum Gasteiger partial charge on any atom is 0.229 e. The number of anilines is 4. The van der Waals surface area contributed by atoms with E-state index in [-0.39, 0.29) is 0 Å². The zero-order chi connectivity index (χ0) is 22.6. The number of nitrogens with one attached hydrogen (secondary N) is 4. The lowest BCUT2D eigenvalue weighted by molar-refractivity contribution is 0.291. The lowest BCUT2D eigenvalue weighted by Crippen LogP contribution is -2.42. The number of allylic oxidation sites excluding steroid dienone is 1. The second-order valence-corrected chi connectivity index (χ2v) is 9.48. The van der Waals surface area contributed by atoms with Crippen molar-refractivity contribution in [3.8, 4) is 0 Å². The first-order valence-corrected chi connectivity index (χ1v) is 12.3. The predicted molar refractivity (Wildman–Crippen MR) is 135 cm³/mol. The molecule has 5 rings (SSSR count). The van der Waals surface area contributed by atoms with Crippen molar-refractivity contribution in [2.75, 3.05) is 36.8 Å². The number of hydrogen-bond donors (Lipinski definition) is 4. The number of halogens is 1. The molecule has 4 N–H and O–H groups in total. The number of rotatable bonds is 9. The van der Waals surface area contributed by atoms with E-state index in [1.54, 1.807) is 6.20 Å². The maximum atomic E-state index is 4.64. The summed E-state index contributed by atoms with van der Waals surface area (Å²) in [7, 11) is 0. The van der Waals surface area contributed by atoms with Crippen LogP contribution < -0.4 is 16.0 Å². The van der Waals surface area contributed by atoms with Gasteiger partial charge in [-0.3, -0.25) is 5.10 Å². The monoisotopic (exact) mass is 508 g/mol. The third kappa shape index (κ3) is 5.72. The smallest absolute Gasteiger partial charge is 0.229 e. The molecule has 2 fully saturated rings. The van der Waals surface area contributed by atoms with Gasteiger partial charge in [0.25, 0.3) is 0 Å². The van der Waals surface area contributed by atoms with Crippen LogP contribution in [0.5, 0.6) is 0 Å². The number of benzene rings is 1. The van der Waals surface area contributed by atoms with Crippen molar-refractivity contribution >= 4 is 39.2 Å². The Bertz CT molecular complexity index is 1120. The molecule has 0 bridgehead atoms. The van der Waals surface area contributed by atoms with Gasteiger partial charge >= 0.3 is 0 Å². The molecular weight excluding hydrogens is 480 g/mol. The number of aryl methyl sites for hydroxylation is 1. The highest BCUT2D eigenvalue weighted by Gasteiger charge is 2.25. The summed E-state index contributed by atoms with van der Waals surface area (Å²) in [6, 6.07) is 10.5. The highest BCUT2D eigenvalue weighted by molar-refractivity contribution is 9.10. The zero-order valence-corrected chi connectivity index (χ0v) is 20.2. The van der Waals surface area contributed by atoms with Gasteiger partial charge in [-0.05, 0) is 59.3 Å². The highest BCUT2D eigenvalue weighted by Crippen LogP contribution is 2.39. The van der Waals surface area contributed by atoms with E-state index >= 15 is 0 Å². The fourth-order valence-corrected chi connectivity index (χ4v) is 4.29. The van der Waals surface area contributed by atoms with Gasteiger partial charge in [-0.1, -0.05) is 18.7 Å². The Hall–Kier alpha value is -2.91. The lowest BCUT2D eigenvalue weighted by atomic mass is 10.1. The summed E-state index contributed by atoms with van der Waals surface area (Å²) < 4.78 is 0.782. The summed E-state index contributed by atoms with van der Waals surface area (Å²) in [5.74, 6) is 2.58. The quantitative estimate of drug-likeness (QED) is 0.333. The van der Waals surface area contributed by atoms with Crippen LogP contribution in [0.3, 0.4) is 0 Å². The molecule has 33 heavy (non-hydrogen) atoms. The minimum atomic E-state index is 0.529. The van der Waals surface area contributed by atoms with Gasteiger partial charge in [0.2, 0.25) is 5.95 Å². The van der Waals surface area contributed by atoms with E-state index in [1.807, 2.05) is 6.07 Å². The van der Waals surface area contributed by atoms with Crippen molar-refractivity contribution < 1.29 is 0 Å². The maximum absolute atomic E-state index is 4.64. The van der Waals surface area contributed by atoms with Crippen LogP contribution >= 0.6 is 15.9 Å². The summed E-state index contributed by atoms with van der Waals surface area (Å²) in [6.07, 6.45) is 6.12. The number of aromatic nitrogens is 4. The molecule has 0 atom stereocenters. The lowest BCUT2D eigenvalue weighted by Gasteiger charge is -2.31. The predicted octanol–water partition coefficient (Wildman–Crippen LogP) is 4.68. The average Bonchev–Trinajstić information content (AvgIpc) is 3.59. The summed E-state index contributed by atoms with van der Waals surface area (Å²) >= 11 is 3.53. The highest BCUT2D eigenvalue weighted by atomic mass is 79.9. The standard InChI is InChI=1S/C24H29BrN8/c1-16(33-11-9-26-10-12-33)5-6-17-3-2-4-19(13-17)28-24-27-15-20(25)23(30-24)29-22-14-21(31-32-22)18-7-8-18/h2-4,13-15,18,26H,1,5-12H2,(H3,27,28,29,30,31,32). The summed E-state index contributed by atoms with van der Waals surface area (Å²) in [6.45, 7) is 8.44. The van der Waals surface area contributed by atoms with E-state index in [9.17, 15) is 0 Å². The molecule has 1 aliphatic carbocycles. The average molecular weight is 509 g/mol. The number of aromatic amines is 1.